The van der Waals surface area contributed by atoms with Gasteiger partial charge in [0.25, 0.3) is 12.3 Å². The molecule has 196 valence electrons. The third kappa shape index (κ3) is 4.91. The molecule has 1 aromatic carbocycles. The lowest BCUT2D eigenvalue weighted by atomic mass is 10.0. The monoisotopic (exact) mass is 542 g/mol. The van der Waals surface area contributed by atoms with Gasteiger partial charge in [-0.25, -0.2) is 28.1 Å². The fraction of sp³-hybridized carbons (Fsp3) is 0.280. The maximum absolute atomic E-state index is 14.7. The number of carbonyl (C=O) groups excluding carboxylic acids is 1. The molecule has 4 aromatic rings. The molecular weight excluding hydrogens is 521 g/mol. The number of benzene rings is 1. The molecule has 1 amide bonds. The maximum Gasteiger partial charge on any atom is 0.276 e. The molecule has 3 aromatic heterocycles. The Kier molecular flexibility index (Phi) is 6.98. The van der Waals surface area contributed by atoms with E-state index in [0.717, 1.165) is 43.4 Å². The molecule has 1 fully saturated rings. The first-order chi connectivity index (χ1) is 18.2. The number of nitrogens with one attached hydrogen (secondary N) is 1. The largest absolute Gasteiger partial charge is 0.341 e. The van der Waals surface area contributed by atoms with Crippen molar-refractivity contribution in [1.82, 2.24) is 29.7 Å². The summed E-state index contributed by atoms with van der Waals surface area (Å²) in [7, 11) is 0. The molecule has 0 radical (unpaired) electrons. The summed E-state index contributed by atoms with van der Waals surface area (Å²) >= 11 is 5.82. The van der Waals surface area contributed by atoms with E-state index < -0.39 is 29.3 Å². The van der Waals surface area contributed by atoms with Crippen molar-refractivity contribution in [1.29, 1.82) is 0 Å². The lowest BCUT2D eigenvalue weighted by Crippen LogP contribution is -2.38. The molecule has 0 bridgehead atoms. The van der Waals surface area contributed by atoms with Gasteiger partial charge in [0.15, 0.2) is 5.82 Å². The van der Waals surface area contributed by atoms with Gasteiger partial charge >= 0.3 is 0 Å². The highest BCUT2D eigenvalue weighted by Crippen LogP contribution is 2.35. The van der Waals surface area contributed by atoms with Crippen LogP contribution in [0.25, 0.3) is 11.3 Å². The highest BCUT2D eigenvalue weighted by Gasteiger charge is 2.24. The minimum absolute atomic E-state index is 0.155. The zero-order chi connectivity index (χ0) is 27.0. The molecule has 1 aliphatic rings. The van der Waals surface area contributed by atoms with Gasteiger partial charge in [-0.1, -0.05) is 17.7 Å². The summed E-state index contributed by atoms with van der Waals surface area (Å²) < 4.78 is 43.5. The van der Waals surface area contributed by atoms with Crippen molar-refractivity contribution in [3.8, 4) is 11.3 Å². The van der Waals surface area contributed by atoms with Gasteiger partial charge in [0.2, 0.25) is 5.95 Å². The fourth-order valence-electron chi connectivity index (χ4n) is 3.98. The minimum atomic E-state index is -2.98. The van der Waals surface area contributed by atoms with Crippen LogP contribution in [0.15, 0.2) is 43.1 Å². The number of rotatable bonds is 7. The minimum Gasteiger partial charge on any atom is -0.341 e. The second-order valence-corrected chi connectivity index (χ2v) is 9.22. The van der Waals surface area contributed by atoms with Crippen molar-refractivity contribution in [2.45, 2.75) is 32.7 Å². The molecule has 5 rings (SSSR count). The van der Waals surface area contributed by atoms with Crippen LogP contribution in [0.1, 0.15) is 53.1 Å². The van der Waals surface area contributed by atoms with E-state index in [-0.39, 0.29) is 28.1 Å². The third-order valence-corrected chi connectivity index (χ3v) is 6.62. The molecule has 13 heteroatoms. The highest BCUT2D eigenvalue weighted by molar-refractivity contribution is 6.31. The number of hydrogen-bond donors (Lipinski definition) is 1. The number of hydrogen-bond acceptors (Lipinski definition) is 7. The maximum atomic E-state index is 14.7. The zero-order valence-electron chi connectivity index (χ0n) is 20.4. The molecule has 0 aliphatic carbocycles. The normalized spacial score (nSPS) is 13.9. The van der Waals surface area contributed by atoms with Gasteiger partial charge < -0.3 is 10.2 Å². The van der Waals surface area contributed by atoms with Crippen molar-refractivity contribution in [3.63, 3.8) is 0 Å². The van der Waals surface area contributed by atoms with E-state index >= 15 is 0 Å². The van der Waals surface area contributed by atoms with Crippen molar-refractivity contribution in [2.75, 3.05) is 23.3 Å². The molecule has 1 N–H and O–H groups in total. The summed E-state index contributed by atoms with van der Waals surface area (Å²) in [6.07, 6.45) is 5.86. The number of alkyl halides is 2. The molecule has 0 unspecified atom stereocenters. The van der Waals surface area contributed by atoms with Gasteiger partial charge in [0.1, 0.15) is 5.69 Å². The van der Waals surface area contributed by atoms with E-state index in [2.05, 4.69) is 35.3 Å². The van der Waals surface area contributed by atoms with Crippen LogP contribution in [0, 0.1) is 12.7 Å². The van der Waals surface area contributed by atoms with E-state index in [1.165, 1.54) is 13.1 Å². The van der Waals surface area contributed by atoms with Crippen molar-refractivity contribution >= 4 is 29.1 Å². The van der Waals surface area contributed by atoms with E-state index in [9.17, 15) is 18.0 Å². The molecule has 4 heterocycles. The number of aromatic nitrogens is 6. The smallest absolute Gasteiger partial charge is 0.276 e. The Morgan fingerprint density at radius 2 is 1.84 bits per heavy atom. The Morgan fingerprint density at radius 1 is 1.11 bits per heavy atom. The van der Waals surface area contributed by atoms with Crippen LogP contribution in [0.2, 0.25) is 5.02 Å². The first-order valence-electron chi connectivity index (χ1n) is 11.8. The average molecular weight is 543 g/mol. The van der Waals surface area contributed by atoms with E-state index in [4.69, 9.17) is 11.6 Å². The third-order valence-electron chi connectivity index (χ3n) is 6.32. The van der Waals surface area contributed by atoms with Crippen molar-refractivity contribution in [2.24, 2.45) is 0 Å². The molecule has 9 nitrogen and oxygen atoms in total. The van der Waals surface area contributed by atoms with Gasteiger partial charge in [-0.15, -0.1) is 0 Å². The predicted octanol–water partition coefficient (Wildman–Crippen LogP) is 5.24. The second-order valence-electron chi connectivity index (χ2n) is 8.81. The fourth-order valence-corrected chi connectivity index (χ4v) is 4.13. The average Bonchev–Trinajstić information content (AvgIpc) is 3.33. The zero-order valence-corrected chi connectivity index (χ0v) is 21.1. The Hall–Kier alpha value is -4.06. The van der Waals surface area contributed by atoms with Gasteiger partial charge in [0.05, 0.1) is 40.5 Å². The summed E-state index contributed by atoms with van der Waals surface area (Å²) in [6.45, 7) is 5.35. The van der Waals surface area contributed by atoms with Crippen LogP contribution in [-0.4, -0.2) is 48.7 Å². The SMILES string of the molecule is Cc1ncc(-c2c(C(F)F)ccc(Cl)c2F)nc1C(=O)Nc1cnn([C@H](C)c2cnc(N3CCC3)nc2)c1. The first kappa shape index (κ1) is 25.6. The summed E-state index contributed by atoms with van der Waals surface area (Å²) in [4.78, 5) is 32.2. The number of carbonyl (C=O) groups is 1. The standard InChI is InChI=1S/C25H22ClF3N8O/c1-13-22(35-19(11-30-13)20-17(23(28)29)4-5-18(26)21(20)27)24(38)34-16-10-33-37(12-16)14(2)15-8-31-25(32-9-15)36-6-3-7-36/h4-5,8-12,14,23H,3,6-7H2,1-2H3,(H,34,38)/t14-/m1/s1. The van der Waals surface area contributed by atoms with Crippen LogP contribution >= 0.6 is 11.6 Å². The first-order valence-corrected chi connectivity index (χ1v) is 12.1. The van der Waals surface area contributed by atoms with Gasteiger partial charge in [0, 0.05) is 48.4 Å². The topological polar surface area (TPSA) is 102 Å². The molecule has 0 spiro atoms. The van der Waals surface area contributed by atoms with Crippen LogP contribution < -0.4 is 10.2 Å². The van der Waals surface area contributed by atoms with E-state index in [0.29, 0.717) is 11.6 Å². The van der Waals surface area contributed by atoms with Crippen molar-refractivity contribution in [3.05, 3.63) is 76.5 Å². The van der Waals surface area contributed by atoms with Gasteiger partial charge in [-0.05, 0) is 26.3 Å². The molecule has 1 aliphatic heterocycles. The molecular formula is C25H22ClF3N8O. The van der Waals surface area contributed by atoms with Crippen molar-refractivity contribution < 1.29 is 18.0 Å². The van der Waals surface area contributed by atoms with E-state index in [1.54, 1.807) is 23.3 Å². The van der Waals surface area contributed by atoms with Gasteiger partial charge in [-0.3, -0.25) is 14.5 Å². The summed E-state index contributed by atoms with van der Waals surface area (Å²) in [5.41, 5.74) is -0.0594. The number of halogens is 4. The van der Waals surface area contributed by atoms with Crippen LogP contribution in [-0.2, 0) is 0 Å². The summed E-state index contributed by atoms with van der Waals surface area (Å²) in [5.74, 6) is -1.03. The van der Waals surface area contributed by atoms with Crippen LogP contribution in [0.4, 0.5) is 24.8 Å². The Labute approximate surface area is 220 Å². The Morgan fingerprint density at radius 3 is 2.50 bits per heavy atom. The molecule has 0 saturated carbocycles. The predicted molar refractivity (Wildman–Crippen MR) is 135 cm³/mol. The molecule has 38 heavy (non-hydrogen) atoms. The number of aryl methyl sites for hydroxylation is 1. The lowest BCUT2D eigenvalue weighted by Gasteiger charge is -2.30. The highest BCUT2D eigenvalue weighted by atomic mass is 35.5. The van der Waals surface area contributed by atoms with E-state index in [1.807, 2.05) is 6.92 Å². The van der Waals surface area contributed by atoms with Crippen LogP contribution in [0.5, 0.6) is 0 Å². The Bertz CT molecular complexity index is 1490. The number of amides is 1. The van der Waals surface area contributed by atoms with Crippen LogP contribution in [0.3, 0.4) is 0 Å². The second kappa shape index (κ2) is 10.4. The van der Waals surface area contributed by atoms with Gasteiger partial charge in [-0.2, -0.15) is 5.10 Å². The molecule has 1 atom stereocenters. The Balaban J connectivity index is 1.36. The quantitative estimate of drug-likeness (QED) is 0.341. The number of nitrogens with zero attached hydrogens (tertiary/aromatic N) is 7. The molecule has 1 saturated heterocycles. The summed E-state index contributed by atoms with van der Waals surface area (Å²) in [6, 6.07) is 1.85. The lowest BCUT2D eigenvalue weighted by molar-refractivity contribution is 0.102. The number of anilines is 2. The summed E-state index contributed by atoms with van der Waals surface area (Å²) in [5, 5.41) is 6.65.